The molecule has 0 fully saturated rings. The summed E-state index contributed by atoms with van der Waals surface area (Å²) in [7, 11) is -5.84. The lowest BCUT2D eigenvalue weighted by atomic mass is 9.82. The molecule has 0 atom stereocenters. The zero-order valence-corrected chi connectivity index (χ0v) is 21.7. The van der Waals surface area contributed by atoms with Crippen LogP contribution in [0.25, 0.3) is 44.5 Å². The van der Waals surface area contributed by atoms with E-state index in [1.54, 1.807) is 12.1 Å². The van der Waals surface area contributed by atoms with E-state index in [0.29, 0.717) is 0 Å². The molecule has 0 amide bonds. The van der Waals surface area contributed by atoms with E-state index in [1.165, 1.54) is 50.1 Å². The summed E-state index contributed by atoms with van der Waals surface area (Å²) < 4.78 is 57.5. The highest BCUT2D eigenvalue weighted by atomic mass is 32.2. The third kappa shape index (κ3) is 5.36. The minimum absolute atomic E-state index is 0.286. The zero-order chi connectivity index (χ0) is 28.5. The van der Waals surface area contributed by atoms with E-state index in [9.17, 15) is 18.3 Å². The summed E-state index contributed by atoms with van der Waals surface area (Å²) in [4.78, 5) is 0. The van der Waals surface area contributed by atoms with Gasteiger partial charge in [-0.15, -0.1) is 0 Å². The van der Waals surface area contributed by atoms with Crippen molar-refractivity contribution in [3.05, 3.63) is 126 Å². The first-order valence-electron chi connectivity index (χ1n) is 12.3. The number of phenolic OH excluding ortho intramolecular Hbond substituents is 1. The Morgan fingerprint density at radius 2 is 1.10 bits per heavy atom. The maximum atomic E-state index is 10.7. The number of alkyl halides is 3. The van der Waals surface area contributed by atoms with Gasteiger partial charge in [-0.25, -0.2) is 0 Å². The second kappa shape index (κ2) is 10.6. The van der Waals surface area contributed by atoms with Gasteiger partial charge in [0.05, 0.1) is 0 Å². The van der Waals surface area contributed by atoms with E-state index < -0.39 is 15.6 Å². The van der Waals surface area contributed by atoms with Crippen molar-refractivity contribution in [3.63, 3.8) is 0 Å². The van der Waals surface area contributed by atoms with Crippen molar-refractivity contribution in [2.75, 3.05) is 0 Å². The summed E-state index contributed by atoms with van der Waals surface area (Å²) in [6, 6.07) is 40.1. The highest BCUT2D eigenvalue weighted by Crippen LogP contribution is 2.50. The van der Waals surface area contributed by atoms with Crippen LogP contribution >= 0.6 is 0 Å². The summed E-state index contributed by atoms with van der Waals surface area (Å²) >= 11 is 0. The molecule has 0 unspecified atom stereocenters. The van der Waals surface area contributed by atoms with Crippen molar-refractivity contribution in [2.24, 2.45) is 0 Å². The van der Waals surface area contributed by atoms with Gasteiger partial charge in [-0.1, -0.05) is 97.1 Å². The summed E-state index contributed by atoms with van der Waals surface area (Å²) in [5.41, 5.74) is 7.08. The Kier molecular flexibility index (Phi) is 7.23. The molecule has 1 aliphatic rings. The lowest BCUT2D eigenvalue weighted by molar-refractivity contribution is -0.0510. The Morgan fingerprint density at radius 3 is 1.68 bits per heavy atom. The Bertz CT molecular complexity index is 1770. The average Bonchev–Trinajstić information content (AvgIpc) is 3.31. The molecule has 6 rings (SSSR count). The van der Waals surface area contributed by atoms with Crippen LogP contribution in [0.4, 0.5) is 13.2 Å². The number of hydrogen-bond donors (Lipinski definition) is 2. The van der Waals surface area contributed by atoms with E-state index in [2.05, 4.69) is 91.0 Å². The predicted molar refractivity (Wildman–Crippen MR) is 150 cm³/mol. The molecule has 2 N–H and O–H groups in total. The maximum Gasteiger partial charge on any atom is 0.522 e. The van der Waals surface area contributed by atoms with Crippen LogP contribution in [-0.2, 0) is 16.5 Å². The Balaban J connectivity index is 0.000000355. The SMILES string of the molecule is O=S(=O)(O)C(F)(F)F.Oc1ccc(-c2c3c(cc(-c4ccccc4)c2-c2ccccc2)-c2ccccc2C3)cc1. The van der Waals surface area contributed by atoms with E-state index in [4.69, 9.17) is 13.0 Å². The number of benzene rings is 5. The third-order valence-electron chi connectivity index (χ3n) is 6.71. The topological polar surface area (TPSA) is 74.6 Å². The predicted octanol–water partition coefficient (Wildman–Crippen LogP) is 8.36. The lowest BCUT2D eigenvalue weighted by Gasteiger charge is -2.21. The minimum atomic E-state index is -5.84. The lowest BCUT2D eigenvalue weighted by Crippen LogP contribution is -2.21. The van der Waals surface area contributed by atoms with Crippen molar-refractivity contribution >= 4 is 10.1 Å². The van der Waals surface area contributed by atoms with Crippen molar-refractivity contribution in [1.29, 1.82) is 0 Å². The first-order valence-corrected chi connectivity index (χ1v) is 13.7. The molecule has 0 bridgehead atoms. The Labute approximate surface area is 229 Å². The van der Waals surface area contributed by atoms with Crippen LogP contribution < -0.4 is 0 Å². The average molecular weight is 561 g/mol. The molecule has 0 saturated heterocycles. The molecule has 0 saturated carbocycles. The van der Waals surface area contributed by atoms with E-state index in [1.807, 2.05) is 12.1 Å². The third-order valence-corrected chi connectivity index (χ3v) is 7.29. The van der Waals surface area contributed by atoms with Crippen molar-refractivity contribution < 1.29 is 31.2 Å². The fraction of sp³-hybridized carbons (Fsp3) is 0.0625. The van der Waals surface area contributed by atoms with E-state index in [0.717, 1.165) is 12.0 Å². The largest absolute Gasteiger partial charge is 0.522 e. The van der Waals surface area contributed by atoms with E-state index >= 15 is 0 Å². The monoisotopic (exact) mass is 560 g/mol. The highest BCUT2D eigenvalue weighted by molar-refractivity contribution is 7.86. The Hall–Kier alpha value is -4.40. The van der Waals surface area contributed by atoms with Gasteiger partial charge in [0.2, 0.25) is 0 Å². The fourth-order valence-electron chi connectivity index (χ4n) is 4.97. The van der Waals surface area contributed by atoms with Gasteiger partial charge < -0.3 is 5.11 Å². The number of rotatable bonds is 3. The molecule has 0 radical (unpaired) electrons. The van der Waals surface area contributed by atoms with Crippen LogP contribution in [0.1, 0.15) is 11.1 Å². The molecule has 202 valence electrons. The summed E-state index contributed by atoms with van der Waals surface area (Å²) in [6.07, 6.45) is 0.913. The molecule has 0 aromatic heterocycles. The molecule has 1 aliphatic carbocycles. The molecule has 4 nitrogen and oxygen atoms in total. The van der Waals surface area contributed by atoms with Gasteiger partial charge >= 0.3 is 15.6 Å². The molecular weight excluding hydrogens is 537 g/mol. The van der Waals surface area contributed by atoms with Gasteiger partial charge in [0, 0.05) is 0 Å². The van der Waals surface area contributed by atoms with Gasteiger partial charge in [-0.05, 0) is 80.3 Å². The number of fused-ring (bicyclic) bond motifs is 3. The first kappa shape index (κ1) is 27.2. The van der Waals surface area contributed by atoms with E-state index in [-0.39, 0.29) is 5.75 Å². The normalized spacial score (nSPS) is 12.2. The molecule has 5 aromatic rings. The molecule has 5 aromatic carbocycles. The van der Waals surface area contributed by atoms with Gasteiger partial charge in [-0.2, -0.15) is 21.6 Å². The zero-order valence-electron chi connectivity index (χ0n) is 20.9. The van der Waals surface area contributed by atoms with Gasteiger partial charge in [0.1, 0.15) is 5.75 Å². The quantitative estimate of drug-likeness (QED) is 0.168. The van der Waals surface area contributed by atoms with Crippen LogP contribution in [-0.4, -0.2) is 23.6 Å². The van der Waals surface area contributed by atoms with Gasteiger partial charge in [-0.3, -0.25) is 4.55 Å². The standard InChI is InChI=1S/C31H22O.CHF3O3S/c32-25-17-15-23(16-18-25)31-29-19-24-13-7-8-14-26(24)28(29)20-27(21-9-3-1-4-10-21)30(31)22-11-5-2-6-12-22;2-1(3,4)8(5,6)7/h1-18,20,32H,19H2;(H,5,6,7). The van der Waals surface area contributed by atoms with Crippen molar-refractivity contribution in [3.8, 4) is 50.3 Å². The van der Waals surface area contributed by atoms with Crippen LogP contribution in [0.5, 0.6) is 5.75 Å². The number of aromatic hydroxyl groups is 1. The van der Waals surface area contributed by atoms with Crippen molar-refractivity contribution in [1.82, 2.24) is 0 Å². The molecule has 0 heterocycles. The van der Waals surface area contributed by atoms with Gasteiger partial charge in [0.15, 0.2) is 0 Å². The number of halogens is 3. The maximum absolute atomic E-state index is 10.7. The van der Waals surface area contributed by atoms with Crippen molar-refractivity contribution in [2.45, 2.75) is 11.9 Å². The smallest absolute Gasteiger partial charge is 0.508 e. The molecular formula is C32H23F3O4S. The number of hydrogen-bond acceptors (Lipinski definition) is 3. The molecule has 8 heteroatoms. The summed E-state index contributed by atoms with van der Waals surface area (Å²) in [5.74, 6) is 0.286. The Morgan fingerprint density at radius 1 is 0.600 bits per heavy atom. The van der Waals surface area contributed by atoms with Gasteiger partial charge in [0.25, 0.3) is 0 Å². The summed E-state index contributed by atoms with van der Waals surface area (Å²) in [6.45, 7) is 0. The molecule has 0 aliphatic heterocycles. The fourth-order valence-corrected chi connectivity index (χ4v) is 4.97. The second-order valence-electron chi connectivity index (χ2n) is 9.23. The molecule has 40 heavy (non-hydrogen) atoms. The van der Waals surface area contributed by atoms with Crippen LogP contribution in [0.2, 0.25) is 0 Å². The molecule has 0 spiro atoms. The highest BCUT2D eigenvalue weighted by Gasteiger charge is 2.44. The van der Waals surface area contributed by atoms with Crippen LogP contribution in [0.3, 0.4) is 0 Å². The summed E-state index contributed by atoms with van der Waals surface area (Å²) in [5, 5.41) is 9.96. The minimum Gasteiger partial charge on any atom is -0.508 e. The number of phenols is 1. The second-order valence-corrected chi connectivity index (χ2v) is 10.6. The first-order chi connectivity index (χ1) is 19.0. The van der Waals surface area contributed by atoms with Crippen LogP contribution in [0.15, 0.2) is 115 Å². The van der Waals surface area contributed by atoms with Crippen LogP contribution in [0, 0.1) is 0 Å².